The first-order valence-electron chi connectivity index (χ1n) is 4.64. The molecule has 0 N–H and O–H groups in total. The molecule has 1 aromatic rings. The SMILES string of the molecule is CC(C)Sc1ccc(C2CO2)cc1. The maximum atomic E-state index is 5.21. The Morgan fingerprint density at radius 1 is 1.31 bits per heavy atom. The Bertz CT molecular complexity index is 275. The van der Waals surface area contributed by atoms with Crippen molar-refractivity contribution in [1.29, 1.82) is 0 Å². The van der Waals surface area contributed by atoms with Crippen molar-refractivity contribution in [3.63, 3.8) is 0 Å². The molecule has 2 heteroatoms. The normalized spacial score (nSPS) is 20.7. The molecule has 1 nitrogen and oxygen atoms in total. The molecule has 1 aromatic carbocycles. The van der Waals surface area contributed by atoms with Gasteiger partial charge in [-0.3, -0.25) is 0 Å². The highest BCUT2D eigenvalue weighted by molar-refractivity contribution is 7.99. The third kappa shape index (κ3) is 2.48. The molecule has 0 bridgehead atoms. The zero-order valence-corrected chi connectivity index (χ0v) is 8.80. The van der Waals surface area contributed by atoms with E-state index in [1.165, 1.54) is 10.5 Å². The lowest BCUT2D eigenvalue weighted by Crippen LogP contribution is -1.86. The van der Waals surface area contributed by atoms with Gasteiger partial charge >= 0.3 is 0 Å². The number of hydrogen-bond donors (Lipinski definition) is 0. The summed E-state index contributed by atoms with van der Waals surface area (Å²) < 4.78 is 5.21. The summed E-state index contributed by atoms with van der Waals surface area (Å²) in [7, 11) is 0. The highest BCUT2D eigenvalue weighted by Gasteiger charge is 2.24. The van der Waals surface area contributed by atoms with E-state index in [-0.39, 0.29) is 0 Å². The highest BCUT2D eigenvalue weighted by atomic mass is 32.2. The van der Waals surface area contributed by atoms with Crippen LogP contribution in [0.25, 0.3) is 0 Å². The van der Waals surface area contributed by atoms with E-state index in [4.69, 9.17) is 4.74 Å². The summed E-state index contributed by atoms with van der Waals surface area (Å²) in [5.74, 6) is 0. The third-order valence-electron chi connectivity index (χ3n) is 1.96. The van der Waals surface area contributed by atoms with Gasteiger partial charge in [0.05, 0.1) is 6.61 Å². The van der Waals surface area contributed by atoms with Crippen molar-refractivity contribution in [1.82, 2.24) is 0 Å². The number of hydrogen-bond acceptors (Lipinski definition) is 2. The van der Waals surface area contributed by atoms with Gasteiger partial charge in [0.1, 0.15) is 6.10 Å². The second-order valence-corrected chi connectivity index (χ2v) is 5.21. The molecule has 13 heavy (non-hydrogen) atoms. The van der Waals surface area contributed by atoms with Crippen LogP contribution in [0, 0.1) is 0 Å². The average molecular weight is 194 g/mol. The molecular formula is C11H14OS. The molecule has 1 unspecified atom stereocenters. The van der Waals surface area contributed by atoms with Crippen LogP contribution in [0.15, 0.2) is 29.2 Å². The van der Waals surface area contributed by atoms with Crippen molar-refractivity contribution in [2.45, 2.75) is 30.1 Å². The van der Waals surface area contributed by atoms with Crippen molar-refractivity contribution in [2.24, 2.45) is 0 Å². The van der Waals surface area contributed by atoms with Crippen LogP contribution in [0.1, 0.15) is 25.5 Å². The molecule has 1 aliphatic rings. The lowest BCUT2D eigenvalue weighted by molar-refractivity contribution is 0.415. The Morgan fingerprint density at radius 3 is 2.38 bits per heavy atom. The van der Waals surface area contributed by atoms with Crippen molar-refractivity contribution in [3.8, 4) is 0 Å². The van der Waals surface area contributed by atoms with Gasteiger partial charge in [0, 0.05) is 10.1 Å². The number of ether oxygens (including phenoxy) is 1. The summed E-state index contributed by atoms with van der Waals surface area (Å²) >= 11 is 1.90. The van der Waals surface area contributed by atoms with Crippen LogP contribution >= 0.6 is 11.8 Å². The minimum atomic E-state index is 0.387. The van der Waals surface area contributed by atoms with E-state index >= 15 is 0 Å². The van der Waals surface area contributed by atoms with Gasteiger partial charge in [-0.15, -0.1) is 11.8 Å². The Labute approximate surface area is 83.5 Å². The Kier molecular flexibility index (Phi) is 2.61. The molecule has 1 aliphatic heterocycles. The fourth-order valence-corrected chi connectivity index (χ4v) is 2.11. The van der Waals surface area contributed by atoms with Gasteiger partial charge in [0.15, 0.2) is 0 Å². The van der Waals surface area contributed by atoms with Gasteiger partial charge in [-0.25, -0.2) is 0 Å². The van der Waals surface area contributed by atoms with Gasteiger partial charge < -0.3 is 4.74 Å². The average Bonchev–Trinajstić information content (AvgIpc) is 2.87. The molecule has 1 heterocycles. The van der Waals surface area contributed by atoms with Crippen LogP contribution in [-0.4, -0.2) is 11.9 Å². The van der Waals surface area contributed by atoms with Crippen LogP contribution in [0.4, 0.5) is 0 Å². The third-order valence-corrected chi connectivity index (χ3v) is 2.97. The molecule has 0 spiro atoms. The van der Waals surface area contributed by atoms with Crippen LogP contribution in [-0.2, 0) is 4.74 Å². The number of thioether (sulfide) groups is 1. The minimum Gasteiger partial charge on any atom is -0.368 e. The van der Waals surface area contributed by atoms with E-state index in [0.29, 0.717) is 11.4 Å². The molecule has 70 valence electrons. The number of rotatable bonds is 3. The van der Waals surface area contributed by atoms with Crippen LogP contribution in [0.3, 0.4) is 0 Å². The van der Waals surface area contributed by atoms with Crippen LogP contribution < -0.4 is 0 Å². The lowest BCUT2D eigenvalue weighted by atomic mass is 10.2. The maximum Gasteiger partial charge on any atom is 0.106 e. The molecular weight excluding hydrogens is 180 g/mol. The monoisotopic (exact) mass is 194 g/mol. The second kappa shape index (κ2) is 3.72. The predicted octanol–water partition coefficient (Wildman–Crippen LogP) is 3.26. The molecule has 0 aliphatic carbocycles. The first-order chi connectivity index (χ1) is 6.25. The summed E-state index contributed by atoms with van der Waals surface area (Å²) in [6.07, 6.45) is 0.387. The first kappa shape index (κ1) is 9.10. The zero-order chi connectivity index (χ0) is 9.26. The Hall–Kier alpha value is -0.470. The smallest absolute Gasteiger partial charge is 0.106 e. The first-order valence-corrected chi connectivity index (χ1v) is 5.52. The van der Waals surface area contributed by atoms with E-state index in [1.54, 1.807) is 0 Å². The van der Waals surface area contributed by atoms with E-state index in [9.17, 15) is 0 Å². The van der Waals surface area contributed by atoms with Crippen molar-refractivity contribution in [3.05, 3.63) is 29.8 Å². The highest BCUT2D eigenvalue weighted by Crippen LogP contribution is 2.31. The van der Waals surface area contributed by atoms with Gasteiger partial charge in [-0.1, -0.05) is 26.0 Å². The quantitative estimate of drug-likeness (QED) is 0.541. The molecule has 2 rings (SSSR count). The summed E-state index contributed by atoms with van der Waals surface area (Å²) in [4.78, 5) is 1.35. The Balaban J connectivity index is 2.04. The summed E-state index contributed by atoms with van der Waals surface area (Å²) in [5, 5.41) is 0.656. The topological polar surface area (TPSA) is 12.5 Å². The van der Waals surface area contributed by atoms with Crippen LogP contribution in [0.2, 0.25) is 0 Å². The van der Waals surface area contributed by atoms with Gasteiger partial charge in [0.2, 0.25) is 0 Å². The fourth-order valence-electron chi connectivity index (χ4n) is 1.27. The number of benzene rings is 1. The van der Waals surface area contributed by atoms with Crippen LogP contribution in [0.5, 0.6) is 0 Å². The van der Waals surface area contributed by atoms with Crippen molar-refractivity contribution >= 4 is 11.8 Å². The van der Waals surface area contributed by atoms with E-state index in [1.807, 2.05) is 11.8 Å². The maximum absolute atomic E-state index is 5.21. The number of epoxide rings is 1. The van der Waals surface area contributed by atoms with E-state index in [2.05, 4.69) is 38.1 Å². The lowest BCUT2D eigenvalue weighted by Gasteiger charge is -2.04. The second-order valence-electron chi connectivity index (χ2n) is 3.56. The molecule has 1 fully saturated rings. The standard InChI is InChI=1S/C11H14OS/c1-8(2)13-10-5-3-9(4-6-10)11-7-12-11/h3-6,8,11H,7H2,1-2H3. The summed E-state index contributed by atoms with van der Waals surface area (Å²) in [6, 6.07) is 8.70. The molecule has 1 saturated heterocycles. The molecule has 0 saturated carbocycles. The van der Waals surface area contributed by atoms with E-state index in [0.717, 1.165) is 6.61 Å². The van der Waals surface area contributed by atoms with Crippen molar-refractivity contribution in [2.75, 3.05) is 6.61 Å². The van der Waals surface area contributed by atoms with Crippen molar-refractivity contribution < 1.29 is 4.74 Å². The largest absolute Gasteiger partial charge is 0.368 e. The summed E-state index contributed by atoms with van der Waals surface area (Å²) in [5.41, 5.74) is 1.31. The van der Waals surface area contributed by atoms with Gasteiger partial charge in [0.25, 0.3) is 0 Å². The van der Waals surface area contributed by atoms with E-state index < -0.39 is 0 Å². The van der Waals surface area contributed by atoms with Gasteiger partial charge in [-0.2, -0.15) is 0 Å². The molecule has 0 radical (unpaired) electrons. The fraction of sp³-hybridized carbons (Fsp3) is 0.455. The molecule has 1 atom stereocenters. The van der Waals surface area contributed by atoms with Gasteiger partial charge in [-0.05, 0) is 17.7 Å². The molecule has 0 amide bonds. The molecule has 0 aromatic heterocycles. The predicted molar refractivity (Wildman–Crippen MR) is 56.1 cm³/mol. The minimum absolute atomic E-state index is 0.387. The Morgan fingerprint density at radius 2 is 1.92 bits per heavy atom. The summed E-state index contributed by atoms with van der Waals surface area (Å²) in [6.45, 7) is 5.32. The zero-order valence-electron chi connectivity index (χ0n) is 7.99.